The average molecular weight is 404 g/mol. The zero-order chi connectivity index (χ0) is 20.1. The van der Waals surface area contributed by atoms with Crippen LogP contribution in [0.15, 0.2) is 78.9 Å². The maximum atomic E-state index is 12.5. The summed E-state index contributed by atoms with van der Waals surface area (Å²) in [6.07, 6.45) is 2.00. The Bertz CT molecular complexity index is 1120. The Labute approximate surface area is 175 Å². The number of carbonyl (C=O) groups excluding carboxylic acids is 1. The second kappa shape index (κ2) is 8.93. The van der Waals surface area contributed by atoms with E-state index >= 15 is 0 Å². The van der Waals surface area contributed by atoms with Gasteiger partial charge in [0.05, 0.1) is 17.6 Å². The molecule has 0 aliphatic carbocycles. The summed E-state index contributed by atoms with van der Waals surface area (Å²) in [7, 11) is 0. The molecule has 29 heavy (non-hydrogen) atoms. The highest BCUT2D eigenvalue weighted by atomic mass is 35.5. The largest absolute Gasteiger partial charge is 0.345 e. The Kier molecular flexibility index (Phi) is 5.92. The van der Waals surface area contributed by atoms with Gasteiger partial charge in [-0.1, -0.05) is 60.1 Å². The summed E-state index contributed by atoms with van der Waals surface area (Å²) in [5.41, 5.74) is 3.91. The highest BCUT2D eigenvalue weighted by Crippen LogP contribution is 2.18. The van der Waals surface area contributed by atoms with Crippen LogP contribution in [0.2, 0.25) is 5.02 Å². The maximum Gasteiger partial charge on any atom is 0.251 e. The van der Waals surface area contributed by atoms with E-state index in [1.54, 1.807) is 24.3 Å². The van der Waals surface area contributed by atoms with Gasteiger partial charge in [0, 0.05) is 17.1 Å². The number of amides is 1. The number of halogens is 1. The van der Waals surface area contributed by atoms with Gasteiger partial charge in [-0.25, -0.2) is 4.98 Å². The Hall–Kier alpha value is -3.11. The fourth-order valence-corrected chi connectivity index (χ4v) is 3.68. The van der Waals surface area contributed by atoms with Gasteiger partial charge in [0.15, 0.2) is 0 Å². The van der Waals surface area contributed by atoms with Crippen LogP contribution in [0.4, 0.5) is 0 Å². The summed E-state index contributed by atoms with van der Waals surface area (Å²) in [6.45, 7) is 1.21. The molecular formula is C24H22ClN3O. The highest BCUT2D eigenvalue weighted by molar-refractivity contribution is 6.30. The lowest BCUT2D eigenvalue weighted by molar-refractivity contribution is 0.0949. The minimum absolute atomic E-state index is 0.157. The third-order valence-corrected chi connectivity index (χ3v) is 5.15. The van der Waals surface area contributed by atoms with E-state index in [1.807, 2.05) is 24.3 Å². The lowest BCUT2D eigenvalue weighted by Crippen LogP contribution is -2.24. The average Bonchev–Trinajstić information content (AvgIpc) is 3.10. The highest BCUT2D eigenvalue weighted by Gasteiger charge is 2.12. The van der Waals surface area contributed by atoms with Crippen molar-refractivity contribution >= 4 is 28.5 Å². The van der Waals surface area contributed by atoms with Crippen LogP contribution in [0, 0.1) is 0 Å². The number of nitrogens with one attached hydrogen (secondary N) is 1. The molecule has 1 amide bonds. The van der Waals surface area contributed by atoms with Crippen molar-refractivity contribution in [2.75, 3.05) is 0 Å². The van der Waals surface area contributed by atoms with Crippen molar-refractivity contribution in [3.8, 4) is 0 Å². The lowest BCUT2D eigenvalue weighted by Gasteiger charge is -2.11. The number of aromatic nitrogens is 2. The molecule has 0 spiro atoms. The van der Waals surface area contributed by atoms with Crippen LogP contribution in [0.3, 0.4) is 0 Å². The van der Waals surface area contributed by atoms with E-state index < -0.39 is 0 Å². The number of benzene rings is 3. The quantitative estimate of drug-likeness (QED) is 0.458. The molecule has 0 aliphatic heterocycles. The first-order chi connectivity index (χ1) is 14.2. The second-order valence-electron chi connectivity index (χ2n) is 6.95. The molecule has 4 rings (SSSR count). The van der Waals surface area contributed by atoms with E-state index in [2.05, 4.69) is 40.2 Å². The maximum absolute atomic E-state index is 12.5. The van der Waals surface area contributed by atoms with Gasteiger partial charge in [0.25, 0.3) is 5.91 Å². The van der Waals surface area contributed by atoms with Crippen molar-refractivity contribution in [3.63, 3.8) is 0 Å². The summed E-state index contributed by atoms with van der Waals surface area (Å²) >= 11 is 6.00. The standard InChI is InChI=1S/C24H22ClN3O/c25-20-12-6-11-19(16-20)24(29)26-17-23-27-21-13-4-5-14-22(21)28(23)15-7-10-18-8-2-1-3-9-18/h1-6,8-9,11-14,16H,7,10,15,17H2,(H,26,29). The zero-order valence-corrected chi connectivity index (χ0v) is 16.8. The van der Waals surface area contributed by atoms with Gasteiger partial charge >= 0.3 is 0 Å². The summed E-state index contributed by atoms with van der Waals surface area (Å²) in [5.74, 6) is 0.699. The fraction of sp³-hybridized carbons (Fsp3) is 0.167. The summed E-state index contributed by atoms with van der Waals surface area (Å²) < 4.78 is 2.20. The van der Waals surface area contributed by atoms with Gasteiger partial charge in [-0.15, -0.1) is 0 Å². The molecule has 4 aromatic rings. The van der Waals surface area contributed by atoms with Crippen molar-refractivity contribution in [1.29, 1.82) is 0 Å². The van der Waals surface area contributed by atoms with E-state index in [0.717, 1.165) is 36.2 Å². The van der Waals surface area contributed by atoms with Crippen LogP contribution in [0.5, 0.6) is 0 Å². The first-order valence-electron chi connectivity index (χ1n) is 9.72. The van der Waals surface area contributed by atoms with E-state index in [9.17, 15) is 4.79 Å². The van der Waals surface area contributed by atoms with Crippen molar-refractivity contribution < 1.29 is 4.79 Å². The van der Waals surface area contributed by atoms with E-state index in [-0.39, 0.29) is 5.91 Å². The topological polar surface area (TPSA) is 46.9 Å². The van der Waals surface area contributed by atoms with Gasteiger partial charge in [0.2, 0.25) is 0 Å². The van der Waals surface area contributed by atoms with Gasteiger partial charge in [0.1, 0.15) is 5.82 Å². The van der Waals surface area contributed by atoms with Gasteiger partial charge in [-0.05, 0) is 48.7 Å². The zero-order valence-electron chi connectivity index (χ0n) is 16.0. The van der Waals surface area contributed by atoms with Crippen LogP contribution >= 0.6 is 11.6 Å². The molecule has 0 radical (unpaired) electrons. The minimum Gasteiger partial charge on any atom is -0.345 e. The van der Waals surface area contributed by atoms with Crippen LogP contribution in [-0.4, -0.2) is 15.5 Å². The number of fused-ring (bicyclic) bond motifs is 1. The van der Waals surface area contributed by atoms with E-state index in [0.29, 0.717) is 17.1 Å². The van der Waals surface area contributed by atoms with E-state index in [4.69, 9.17) is 16.6 Å². The van der Waals surface area contributed by atoms with Crippen LogP contribution in [-0.2, 0) is 19.5 Å². The molecule has 4 nitrogen and oxygen atoms in total. The summed E-state index contributed by atoms with van der Waals surface area (Å²) in [4.78, 5) is 17.2. The molecule has 0 saturated heterocycles. The minimum atomic E-state index is -0.157. The molecule has 0 unspecified atom stereocenters. The number of hydrogen-bond donors (Lipinski definition) is 1. The van der Waals surface area contributed by atoms with Crippen LogP contribution in [0.25, 0.3) is 11.0 Å². The molecule has 0 atom stereocenters. The first kappa shape index (κ1) is 19.2. The molecule has 1 heterocycles. The van der Waals surface area contributed by atoms with Crippen LogP contribution in [0.1, 0.15) is 28.2 Å². The SMILES string of the molecule is O=C(NCc1nc2ccccc2n1CCCc1ccccc1)c1cccc(Cl)c1. The molecular weight excluding hydrogens is 382 g/mol. The molecule has 0 bridgehead atoms. The molecule has 5 heteroatoms. The molecule has 3 aromatic carbocycles. The lowest BCUT2D eigenvalue weighted by atomic mass is 10.1. The van der Waals surface area contributed by atoms with Crippen LogP contribution < -0.4 is 5.32 Å². The van der Waals surface area contributed by atoms with Crippen molar-refractivity contribution in [3.05, 3.63) is 101 Å². The monoisotopic (exact) mass is 403 g/mol. The van der Waals surface area contributed by atoms with E-state index in [1.165, 1.54) is 5.56 Å². The molecule has 1 N–H and O–H groups in total. The second-order valence-corrected chi connectivity index (χ2v) is 7.39. The van der Waals surface area contributed by atoms with Gasteiger partial charge in [-0.3, -0.25) is 4.79 Å². The number of aryl methyl sites for hydroxylation is 2. The number of carbonyl (C=O) groups is 1. The van der Waals surface area contributed by atoms with Gasteiger partial charge in [-0.2, -0.15) is 0 Å². The Balaban J connectivity index is 1.49. The number of rotatable bonds is 7. The molecule has 1 aromatic heterocycles. The van der Waals surface area contributed by atoms with Gasteiger partial charge < -0.3 is 9.88 Å². The number of imidazole rings is 1. The predicted molar refractivity (Wildman–Crippen MR) is 117 cm³/mol. The number of hydrogen-bond acceptors (Lipinski definition) is 2. The van der Waals surface area contributed by atoms with Crippen molar-refractivity contribution in [1.82, 2.24) is 14.9 Å². The molecule has 0 aliphatic rings. The molecule has 0 saturated carbocycles. The first-order valence-corrected chi connectivity index (χ1v) is 10.1. The Morgan fingerprint density at radius 3 is 2.59 bits per heavy atom. The summed E-state index contributed by atoms with van der Waals surface area (Å²) in [5, 5.41) is 3.52. The normalized spacial score (nSPS) is 10.9. The summed E-state index contributed by atoms with van der Waals surface area (Å²) in [6, 6.07) is 25.5. The Morgan fingerprint density at radius 2 is 1.76 bits per heavy atom. The molecule has 146 valence electrons. The fourth-order valence-electron chi connectivity index (χ4n) is 3.49. The number of nitrogens with zero attached hydrogens (tertiary/aromatic N) is 2. The predicted octanol–water partition coefficient (Wildman–Crippen LogP) is 5.25. The number of para-hydroxylation sites is 2. The third-order valence-electron chi connectivity index (χ3n) is 4.92. The molecule has 0 fully saturated rings. The van der Waals surface area contributed by atoms with Crippen molar-refractivity contribution in [2.24, 2.45) is 0 Å². The van der Waals surface area contributed by atoms with Crippen molar-refractivity contribution in [2.45, 2.75) is 25.9 Å². The Morgan fingerprint density at radius 1 is 0.966 bits per heavy atom. The third kappa shape index (κ3) is 4.66. The smallest absolute Gasteiger partial charge is 0.251 e.